The van der Waals surface area contributed by atoms with Crippen LogP contribution in [0.25, 0.3) is 11.4 Å². The number of hydrogen-bond acceptors (Lipinski definition) is 4. The smallest absolute Gasteiger partial charge is 0.311 e. The highest BCUT2D eigenvalue weighted by Gasteiger charge is 2.45. The summed E-state index contributed by atoms with van der Waals surface area (Å²) in [6.45, 7) is 0. The van der Waals surface area contributed by atoms with Crippen molar-refractivity contribution in [2.24, 2.45) is 13.0 Å². The minimum absolute atomic E-state index is 0.220. The van der Waals surface area contributed by atoms with Crippen LogP contribution in [0.3, 0.4) is 0 Å². The quantitative estimate of drug-likeness (QED) is 0.935. The molecule has 0 unspecified atom stereocenters. The molecular formula is C15H16F2N4O2. The van der Waals surface area contributed by atoms with Crippen molar-refractivity contribution in [3.8, 4) is 11.4 Å². The van der Waals surface area contributed by atoms with Gasteiger partial charge in [0.2, 0.25) is 11.7 Å². The summed E-state index contributed by atoms with van der Waals surface area (Å²) < 4.78 is 26.8. The fourth-order valence-corrected chi connectivity index (χ4v) is 3.12. The van der Waals surface area contributed by atoms with Gasteiger partial charge < -0.3 is 5.11 Å². The lowest BCUT2D eigenvalue weighted by Gasteiger charge is -2.20. The van der Waals surface area contributed by atoms with Gasteiger partial charge in [-0.05, 0) is 23.1 Å². The molecule has 0 saturated heterocycles. The van der Waals surface area contributed by atoms with Gasteiger partial charge in [-0.1, -0.05) is 24.3 Å². The second kappa shape index (κ2) is 5.68. The molecule has 2 aromatic rings. The van der Waals surface area contributed by atoms with Crippen LogP contribution < -0.4 is 0 Å². The molecule has 1 heterocycles. The zero-order valence-electron chi connectivity index (χ0n) is 12.5. The Morgan fingerprint density at radius 3 is 2.57 bits per heavy atom. The van der Waals surface area contributed by atoms with E-state index < -0.39 is 23.7 Å². The highest BCUT2D eigenvalue weighted by atomic mass is 19.3. The van der Waals surface area contributed by atoms with E-state index in [1.807, 2.05) is 0 Å². The predicted octanol–water partition coefficient (Wildman–Crippen LogP) is 2.48. The molecule has 1 saturated carbocycles. The fourth-order valence-electron chi connectivity index (χ4n) is 3.12. The van der Waals surface area contributed by atoms with E-state index in [0.29, 0.717) is 17.0 Å². The summed E-state index contributed by atoms with van der Waals surface area (Å²) >= 11 is 0. The maximum atomic E-state index is 13.4. The van der Waals surface area contributed by atoms with Gasteiger partial charge in [0.1, 0.15) is 0 Å². The van der Waals surface area contributed by atoms with Gasteiger partial charge in [0, 0.05) is 18.4 Å². The van der Waals surface area contributed by atoms with Crippen molar-refractivity contribution in [2.45, 2.75) is 31.1 Å². The third kappa shape index (κ3) is 3.20. The van der Waals surface area contributed by atoms with Crippen LogP contribution in [0.4, 0.5) is 8.78 Å². The molecule has 0 aliphatic heterocycles. The van der Waals surface area contributed by atoms with Gasteiger partial charge in [-0.15, -0.1) is 10.2 Å². The van der Waals surface area contributed by atoms with E-state index in [1.165, 1.54) is 4.80 Å². The Balaban J connectivity index is 1.85. The number of carbonyl (C=O) groups is 1. The van der Waals surface area contributed by atoms with Gasteiger partial charge in [0.05, 0.1) is 13.0 Å². The topological polar surface area (TPSA) is 80.9 Å². The number of hydrogen-bond donors (Lipinski definition) is 1. The molecule has 23 heavy (non-hydrogen) atoms. The standard InChI is InChI=1S/C15H16F2N4O2/c1-21-19-13(18-20-21)10-4-2-9(3-5-10)12(14(22)23)11-6-7-15(16,17)8-11/h2-5,11-12H,6-8H2,1H3,(H,22,23)/t11-,12-/m1/s1. The number of carboxylic acid groups (broad SMARTS) is 1. The Kier molecular flexibility index (Phi) is 3.83. The molecule has 0 bridgehead atoms. The summed E-state index contributed by atoms with van der Waals surface area (Å²) in [4.78, 5) is 12.9. The minimum Gasteiger partial charge on any atom is -0.481 e. The number of benzene rings is 1. The number of aryl methyl sites for hydroxylation is 1. The largest absolute Gasteiger partial charge is 0.481 e. The molecule has 8 heteroatoms. The molecule has 1 aromatic heterocycles. The Morgan fingerprint density at radius 1 is 1.39 bits per heavy atom. The van der Waals surface area contributed by atoms with Crippen LogP contribution in [0.15, 0.2) is 24.3 Å². The number of carboxylic acids is 1. The van der Waals surface area contributed by atoms with Gasteiger partial charge in [-0.25, -0.2) is 8.78 Å². The number of halogens is 2. The van der Waals surface area contributed by atoms with Crippen LogP contribution in [0, 0.1) is 5.92 Å². The van der Waals surface area contributed by atoms with Crippen molar-refractivity contribution in [2.75, 3.05) is 0 Å². The average Bonchev–Trinajstić information content (AvgIpc) is 3.06. The zero-order chi connectivity index (χ0) is 16.6. The Bertz CT molecular complexity index is 715. The SMILES string of the molecule is Cn1nnc(-c2ccc([C@@H](C(=O)O)[C@@H]3CCC(F)(F)C3)cc2)n1. The number of rotatable bonds is 4. The Morgan fingerprint density at radius 2 is 2.09 bits per heavy atom. The first-order valence-corrected chi connectivity index (χ1v) is 7.31. The Labute approximate surface area is 131 Å². The molecule has 122 valence electrons. The van der Waals surface area contributed by atoms with E-state index in [4.69, 9.17) is 0 Å². The summed E-state index contributed by atoms with van der Waals surface area (Å²) in [5.74, 6) is -4.88. The van der Waals surface area contributed by atoms with Crippen LogP contribution in [0.5, 0.6) is 0 Å². The molecule has 0 radical (unpaired) electrons. The van der Waals surface area contributed by atoms with Crippen molar-refractivity contribution in [1.82, 2.24) is 20.2 Å². The van der Waals surface area contributed by atoms with Gasteiger partial charge in [-0.3, -0.25) is 4.79 Å². The van der Waals surface area contributed by atoms with Crippen molar-refractivity contribution < 1.29 is 18.7 Å². The molecule has 1 aromatic carbocycles. The third-order valence-electron chi connectivity index (χ3n) is 4.22. The first-order chi connectivity index (χ1) is 10.9. The van der Waals surface area contributed by atoms with Crippen molar-refractivity contribution >= 4 is 5.97 Å². The predicted molar refractivity (Wildman–Crippen MR) is 76.9 cm³/mol. The van der Waals surface area contributed by atoms with E-state index >= 15 is 0 Å². The van der Waals surface area contributed by atoms with Crippen LogP contribution in [0.1, 0.15) is 30.7 Å². The monoisotopic (exact) mass is 322 g/mol. The molecule has 1 N–H and O–H groups in total. The van der Waals surface area contributed by atoms with E-state index in [0.717, 1.165) is 0 Å². The highest BCUT2D eigenvalue weighted by Crippen LogP contribution is 2.45. The lowest BCUT2D eigenvalue weighted by Crippen LogP contribution is -2.21. The summed E-state index contributed by atoms with van der Waals surface area (Å²) in [7, 11) is 1.64. The molecule has 2 atom stereocenters. The van der Waals surface area contributed by atoms with Crippen LogP contribution in [-0.2, 0) is 11.8 Å². The minimum atomic E-state index is -2.76. The van der Waals surface area contributed by atoms with E-state index in [9.17, 15) is 18.7 Å². The van der Waals surface area contributed by atoms with Crippen molar-refractivity contribution in [1.29, 1.82) is 0 Å². The van der Waals surface area contributed by atoms with Crippen LogP contribution in [0.2, 0.25) is 0 Å². The molecule has 3 rings (SSSR count). The number of aliphatic carboxylic acids is 1. The van der Waals surface area contributed by atoms with E-state index in [1.54, 1.807) is 31.3 Å². The first kappa shape index (κ1) is 15.5. The summed E-state index contributed by atoms with van der Waals surface area (Å²) in [6, 6.07) is 6.66. The normalized spacial score (nSPS) is 21.3. The second-order valence-electron chi connectivity index (χ2n) is 5.90. The van der Waals surface area contributed by atoms with Gasteiger partial charge in [-0.2, -0.15) is 4.80 Å². The molecule has 1 aliphatic carbocycles. The highest BCUT2D eigenvalue weighted by molar-refractivity contribution is 5.77. The summed E-state index contributed by atoms with van der Waals surface area (Å²) in [5, 5.41) is 21.1. The van der Waals surface area contributed by atoms with Crippen molar-refractivity contribution in [3.05, 3.63) is 29.8 Å². The van der Waals surface area contributed by atoms with Gasteiger partial charge in [0.25, 0.3) is 0 Å². The van der Waals surface area contributed by atoms with E-state index in [-0.39, 0.29) is 19.3 Å². The number of aromatic nitrogens is 4. The number of nitrogens with zero attached hydrogens (tertiary/aromatic N) is 4. The lowest BCUT2D eigenvalue weighted by atomic mass is 9.84. The van der Waals surface area contributed by atoms with Crippen LogP contribution in [-0.4, -0.2) is 37.2 Å². The number of alkyl halides is 2. The Hall–Kier alpha value is -2.38. The van der Waals surface area contributed by atoms with Crippen molar-refractivity contribution in [3.63, 3.8) is 0 Å². The number of tetrazole rings is 1. The first-order valence-electron chi connectivity index (χ1n) is 7.31. The summed E-state index contributed by atoms with van der Waals surface area (Å²) in [6.07, 6.45) is -0.405. The van der Waals surface area contributed by atoms with Crippen LogP contribution >= 0.6 is 0 Å². The molecule has 6 nitrogen and oxygen atoms in total. The fraction of sp³-hybridized carbons (Fsp3) is 0.467. The molecule has 0 spiro atoms. The summed E-state index contributed by atoms with van der Waals surface area (Å²) in [5.41, 5.74) is 1.22. The maximum Gasteiger partial charge on any atom is 0.311 e. The molecule has 1 aliphatic rings. The molecule has 0 amide bonds. The van der Waals surface area contributed by atoms with E-state index in [2.05, 4.69) is 15.4 Å². The average molecular weight is 322 g/mol. The second-order valence-corrected chi connectivity index (χ2v) is 5.90. The van der Waals surface area contributed by atoms with Gasteiger partial charge >= 0.3 is 5.97 Å². The zero-order valence-corrected chi connectivity index (χ0v) is 12.5. The molecular weight excluding hydrogens is 306 g/mol. The third-order valence-corrected chi connectivity index (χ3v) is 4.22. The van der Waals surface area contributed by atoms with Gasteiger partial charge in [0.15, 0.2) is 0 Å². The lowest BCUT2D eigenvalue weighted by molar-refractivity contribution is -0.140. The molecule has 1 fully saturated rings. The maximum absolute atomic E-state index is 13.4.